The number of nitrogens with one attached hydrogen (secondary N) is 1. The molecule has 0 amide bonds. The Hall–Kier alpha value is -1.13. The van der Waals surface area contributed by atoms with Gasteiger partial charge in [-0.1, -0.05) is 0 Å². The van der Waals surface area contributed by atoms with Gasteiger partial charge in [-0.3, -0.25) is 4.98 Å². The van der Waals surface area contributed by atoms with Crippen molar-refractivity contribution < 1.29 is 4.74 Å². The van der Waals surface area contributed by atoms with Crippen molar-refractivity contribution >= 4 is 5.69 Å². The minimum Gasteiger partial charge on any atom is -0.381 e. The molecule has 1 N–H and O–H groups in total. The summed E-state index contributed by atoms with van der Waals surface area (Å²) >= 11 is 0. The summed E-state index contributed by atoms with van der Waals surface area (Å²) in [7, 11) is 2.17. The molecule has 0 radical (unpaired) electrons. The third-order valence-corrected chi connectivity index (χ3v) is 4.18. The van der Waals surface area contributed by atoms with E-state index in [2.05, 4.69) is 34.4 Å². The molecule has 0 aromatic carbocycles. The molecule has 3 rings (SSSR count). The van der Waals surface area contributed by atoms with E-state index in [-0.39, 0.29) is 0 Å². The van der Waals surface area contributed by atoms with E-state index >= 15 is 0 Å². The fourth-order valence-corrected chi connectivity index (χ4v) is 2.78. The van der Waals surface area contributed by atoms with E-state index in [9.17, 15) is 0 Å². The number of hydrogen-bond donors (Lipinski definition) is 1. The summed E-state index contributed by atoms with van der Waals surface area (Å²) < 4.78 is 5.57. The standard InChI is InChI=1S/C16H25N3O/c1-19(11-13-3-2-8-20-12-13)16-6-7-17-15(9-16)10-18-14-4-5-14/h6-7,9,13-14,18H,2-5,8,10-12H2,1H3. The van der Waals surface area contributed by atoms with Gasteiger partial charge in [-0.25, -0.2) is 0 Å². The van der Waals surface area contributed by atoms with Crippen LogP contribution < -0.4 is 10.2 Å². The van der Waals surface area contributed by atoms with Crippen LogP contribution in [0.4, 0.5) is 5.69 Å². The average Bonchev–Trinajstić information content (AvgIpc) is 3.31. The first-order valence-corrected chi connectivity index (χ1v) is 7.78. The van der Waals surface area contributed by atoms with Crippen LogP contribution in [-0.2, 0) is 11.3 Å². The molecule has 20 heavy (non-hydrogen) atoms. The van der Waals surface area contributed by atoms with Gasteiger partial charge in [0.2, 0.25) is 0 Å². The second-order valence-corrected chi connectivity index (χ2v) is 6.12. The van der Waals surface area contributed by atoms with Gasteiger partial charge in [-0.05, 0) is 43.7 Å². The van der Waals surface area contributed by atoms with Crippen LogP contribution in [0.1, 0.15) is 31.4 Å². The maximum atomic E-state index is 5.57. The number of aromatic nitrogens is 1. The monoisotopic (exact) mass is 275 g/mol. The maximum absolute atomic E-state index is 5.57. The zero-order valence-corrected chi connectivity index (χ0v) is 12.3. The van der Waals surface area contributed by atoms with E-state index in [0.717, 1.165) is 38.0 Å². The summed E-state index contributed by atoms with van der Waals surface area (Å²) in [6, 6.07) is 5.04. The molecule has 1 unspecified atom stereocenters. The zero-order chi connectivity index (χ0) is 13.8. The van der Waals surface area contributed by atoms with E-state index in [1.807, 2.05) is 6.20 Å². The van der Waals surface area contributed by atoms with Gasteiger partial charge in [0.05, 0.1) is 12.3 Å². The second kappa shape index (κ2) is 6.55. The van der Waals surface area contributed by atoms with Crippen molar-refractivity contribution in [1.82, 2.24) is 10.3 Å². The van der Waals surface area contributed by atoms with Gasteiger partial charge in [-0.2, -0.15) is 0 Å². The quantitative estimate of drug-likeness (QED) is 0.863. The van der Waals surface area contributed by atoms with Crippen LogP contribution in [0.3, 0.4) is 0 Å². The molecule has 4 nitrogen and oxygen atoms in total. The van der Waals surface area contributed by atoms with E-state index in [0.29, 0.717) is 5.92 Å². The summed E-state index contributed by atoms with van der Waals surface area (Å²) in [5, 5.41) is 3.52. The van der Waals surface area contributed by atoms with Gasteiger partial charge in [0.1, 0.15) is 0 Å². The minimum atomic E-state index is 0.662. The average molecular weight is 275 g/mol. The van der Waals surface area contributed by atoms with Crippen molar-refractivity contribution in [3.05, 3.63) is 24.0 Å². The van der Waals surface area contributed by atoms with E-state index in [1.54, 1.807) is 0 Å². The van der Waals surface area contributed by atoms with Crippen LogP contribution in [0.2, 0.25) is 0 Å². The molecule has 1 atom stereocenters. The molecular formula is C16H25N3O. The van der Waals surface area contributed by atoms with Crippen molar-refractivity contribution in [2.75, 3.05) is 31.7 Å². The summed E-state index contributed by atoms with van der Waals surface area (Å²) in [6.07, 6.45) is 7.05. The highest BCUT2D eigenvalue weighted by Crippen LogP contribution is 2.21. The molecule has 1 aliphatic heterocycles. The SMILES string of the molecule is CN(CC1CCCOC1)c1ccnc(CNC2CC2)c1. The van der Waals surface area contributed by atoms with Gasteiger partial charge >= 0.3 is 0 Å². The Morgan fingerprint density at radius 1 is 1.40 bits per heavy atom. The Bertz CT molecular complexity index is 427. The van der Waals surface area contributed by atoms with Gasteiger partial charge in [-0.15, -0.1) is 0 Å². The third kappa shape index (κ3) is 3.93. The fourth-order valence-electron chi connectivity index (χ4n) is 2.78. The van der Waals surface area contributed by atoms with Crippen molar-refractivity contribution in [2.45, 2.75) is 38.3 Å². The fraction of sp³-hybridized carbons (Fsp3) is 0.688. The smallest absolute Gasteiger partial charge is 0.0562 e. The third-order valence-electron chi connectivity index (χ3n) is 4.18. The molecule has 2 fully saturated rings. The van der Waals surface area contributed by atoms with Crippen molar-refractivity contribution in [3.63, 3.8) is 0 Å². The molecule has 1 aromatic rings. The summed E-state index contributed by atoms with van der Waals surface area (Å²) in [5.41, 5.74) is 2.40. The van der Waals surface area contributed by atoms with Crippen LogP contribution in [0.15, 0.2) is 18.3 Å². The minimum absolute atomic E-state index is 0.662. The summed E-state index contributed by atoms with van der Waals surface area (Å²) in [5.74, 6) is 0.662. The van der Waals surface area contributed by atoms with E-state index in [1.165, 1.54) is 31.4 Å². The normalized spacial score (nSPS) is 22.8. The van der Waals surface area contributed by atoms with Gasteiger partial charge in [0, 0.05) is 44.7 Å². The number of pyridine rings is 1. The van der Waals surface area contributed by atoms with E-state index in [4.69, 9.17) is 4.74 Å². The van der Waals surface area contributed by atoms with Gasteiger partial charge < -0.3 is 15.0 Å². The largest absolute Gasteiger partial charge is 0.381 e. The molecule has 0 bridgehead atoms. The first-order chi connectivity index (χ1) is 9.81. The highest BCUT2D eigenvalue weighted by molar-refractivity contribution is 5.45. The molecule has 110 valence electrons. The molecule has 2 aliphatic rings. The van der Waals surface area contributed by atoms with Crippen LogP contribution in [-0.4, -0.2) is 37.8 Å². The maximum Gasteiger partial charge on any atom is 0.0562 e. The Balaban J connectivity index is 1.55. The molecule has 1 aromatic heterocycles. The Labute approximate surface area is 121 Å². The number of hydrogen-bond acceptors (Lipinski definition) is 4. The Morgan fingerprint density at radius 2 is 2.30 bits per heavy atom. The lowest BCUT2D eigenvalue weighted by atomic mass is 10.0. The number of nitrogens with zero attached hydrogens (tertiary/aromatic N) is 2. The van der Waals surface area contributed by atoms with Gasteiger partial charge in [0.25, 0.3) is 0 Å². The summed E-state index contributed by atoms with van der Waals surface area (Å²) in [4.78, 5) is 6.79. The molecule has 1 saturated heterocycles. The van der Waals surface area contributed by atoms with Crippen LogP contribution in [0, 0.1) is 5.92 Å². The first kappa shape index (κ1) is 13.8. The van der Waals surface area contributed by atoms with Gasteiger partial charge in [0.15, 0.2) is 0 Å². The van der Waals surface area contributed by atoms with Crippen molar-refractivity contribution in [1.29, 1.82) is 0 Å². The highest BCUT2D eigenvalue weighted by atomic mass is 16.5. The Kier molecular flexibility index (Phi) is 4.53. The van der Waals surface area contributed by atoms with Crippen molar-refractivity contribution in [3.8, 4) is 0 Å². The van der Waals surface area contributed by atoms with Crippen molar-refractivity contribution in [2.24, 2.45) is 5.92 Å². The molecule has 1 aliphatic carbocycles. The second-order valence-electron chi connectivity index (χ2n) is 6.12. The summed E-state index contributed by atoms with van der Waals surface area (Å²) in [6.45, 7) is 3.80. The molecular weight excluding hydrogens is 250 g/mol. The molecule has 4 heteroatoms. The number of anilines is 1. The van der Waals surface area contributed by atoms with Crippen LogP contribution >= 0.6 is 0 Å². The topological polar surface area (TPSA) is 37.4 Å². The molecule has 0 spiro atoms. The number of rotatable bonds is 6. The lowest BCUT2D eigenvalue weighted by Crippen LogP contribution is -2.31. The zero-order valence-electron chi connectivity index (χ0n) is 12.3. The Morgan fingerprint density at radius 3 is 3.05 bits per heavy atom. The van der Waals surface area contributed by atoms with Crippen LogP contribution in [0.5, 0.6) is 0 Å². The van der Waals surface area contributed by atoms with Crippen LogP contribution in [0.25, 0.3) is 0 Å². The molecule has 2 heterocycles. The predicted octanol–water partition coefficient (Wildman–Crippen LogP) is 2.20. The predicted molar refractivity (Wildman–Crippen MR) is 80.9 cm³/mol. The van der Waals surface area contributed by atoms with E-state index < -0.39 is 0 Å². The molecule has 1 saturated carbocycles. The first-order valence-electron chi connectivity index (χ1n) is 7.78. The highest BCUT2D eigenvalue weighted by Gasteiger charge is 2.20. The lowest BCUT2D eigenvalue weighted by Gasteiger charge is -2.28. The number of ether oxygens (including phenoxy) is 1. The lowest BCUT2D eigenvalue weighted by molar-refractivity contribution is 0.0576.